The van der Waals surface area contributed by atoms with E-state index >= 15 is 0 Å². The number of rotatable bonds is 5. The van der Waals surface area contributed by atoms with E-state index in [2.05, 4.69) is 10.5 Å². The van der Waals surface area contributed by atoms with Crippen molar-refractivity contribution in [1.29, 1.82) is 0 Å². The Morgan fingerprint density at radius 2 is 1.52 bits per heavy atom. The lowest BCUT2D eigenvalue weighted by Gasteiger charge is -2.09. The maximum absolute atomic E-state index is 13.0. The number of nitro groups is 1. The fourth-order valence-corrected chi connectivity index (χ4v) is 3.12. The first-order chi connectivity index (χ1) is 14.1. The Morgan fingerprint density at radius 3 is 2.14 bits per heavy atom. The van der Waals surface area contributed by atoms with Crippen LogP contribution < -0.4 is 5.43 Å². The molecule has 1 aliphatic carbocycles. The van der Waals surface area contributed by atoms with E-state index in [4.69, 9.17) is 0 Å². The predicted octanol–water partition coefficient (Wildman–Crippen LogP) is 4.58. The van der Waals surface area contributed by atoms with Gasteiger partial charge < -0.3 is 5.11 Å². The molecular formula is C22H15N3O4. The topological polar surface area (TPSA) is 105 Å². The van der Waals surface area contributed by atoms with Crippen LogP contribution in [-0.4, -0.2) is 21.5 Å². The molecule has 0 atom stereocenters. The molecule has 0 saturated carbocycles. The number of carbonyl (C=O) groups is 1. The average molecular weight is 385 g/mol. The van der Waals surface area contributed by atoms with Crippen LogP contribution in [0.4, 0.5) is 11.4 Å². The Labute approximate surface area is 165 Å². The van der Waals surface area contributed by atoms with Gasteiger partial charge in [0.2, 0.25) is 0 Å². The number of allylic oxidation sites excluding steroid dienone is 1. The third kappa shape index (κ3) is 3.37. The van der Waals surface area contributed by atoms with Crippen LogP contribution in [0.15, 0.2) is 89.5 Å². The molecule has 0 bridgehead atoms. The second-order valence-corrected chi connectivity index (χ2v) is 6.34. The predicted molar refractivity (Wildman–Crippen MR) is 110 cm³/mol. The van der Waals surface area contributed by atoms with Crippen LogP contribution in [0.3, 0.4) is 0 Å². The summed E-state index contributed by atoms with van der Waals surface area (Å²) in [6.45, 7) is 0. The SMILES string of the molecule is O=C1C(/C(=N/Nc2ccc([N+](=O)[O-])cc2)c2ccccc2)=C(O)c2ccccc21. The van der Waals surface area contributed by atoms with Crippen LogP contribution in [-0.2, 0) is 0 Å². The lowest BCUT2D eigenvalue weighted by Crippen LogP contribution is -2.14. The van der Waals surface area contributed by atoms with Crippen LogP contribution in [0.2, 0.25) is 0 Å². The molecular weight excluding hydrogens is 370 g/mol. The third-order valence-corrected chi connectivity index (χ3v) is 4.55. The zero-order chi connectivity index (χ0) is 20.4. The van der Waals surface area contributed by atoms with Gasteiger partial charge in [0.15, 0.2) is 5.78 Å². The number of hydrazone groups is 1. The van der Waals surface area contributed by atoms with E-state index in [1.165, 1.54) is 24.3 Å². The summed E-state index contributed by atoms with van der Waals surface area (Å²) in [5.74, 6) is -0.440. The number of fused-ring (bicyclic) bond motifs is 1. The Morgan fingerprint density at radius 1 is 0.897 bits per heavy atom. The number of Topliss-reactive ketones (excluding diaryl/α,β-unsaturated/α-hetero) is 1. The van der Waals surface area contributed by atoms with Gasteiger partial charge in [-0.1, -0.05) is 54.6 Å². The molecule has 0 unspecified atom stereocenters. The number of non-ortho nitro benzene ring substituents is 1. The van der Waals surface area contributed by atoms with Gasteiger partial charge in [-0.05, 0) is 12.1 Å². The van der Waals surface area contributed by atoms with Gasteiger partial charge in [-0.2, -0.15) is 5.10 Å². The zero-order valence-corrected chi connectivity index (χ0v) is 15.1. The van der Waals surface area contributed by atoms with Gasteiger partial charge >= 0.3 is 0 Å². The van der Waals surface area contributed by atoms with Crippen molar-refractivity contribution < 1.29 is 14.8 Å². The number of aliphatic hydroxyl groups excluding tert-OH is 1. The first kappa shape index (κ1) is 18.1. The Bertz CT molecular complexity index is 1170. The highest BCUT2D eigenvalue weighted by atomic mass is 16.6. The van der Waals surface area contributed by atoms with Crippen LogP contribution in [0.25, 0.3) is 5.76 Å². The fraction of sp³-hybridized carbons (Fsp3) is 0. The van der Waals surface area contributed by atoms with Crippen molar-refractivity contribution in [2.75, 3.05) is 5.43 Å². The van der Waals surface area contributed by atoms with E-state index in [9.17, 15) is 20.0 Å². The first-order valence-electron chi connectivity index (χ1n) is 8.77. The molecule has 0 radical (unpaired) electrons. The van der Waals surface area contributed by atoms with Crippen molar-refractivity contribution >= 4 is 28.6 Å². The first-order valence-corrected chi connectivity index (χ1v) is 8.77. The minimum Gasteiger partial charge on any atom is -0.506 e. The van der Waals surface area contributed by atoms with Gasteiger partial charge in [-0.25, -0.2) is 0 Å². The quantitative estimate of drug-likeness (QED) is 0.380. The summed E-state index contributed by atoms with van der Waals surface area (Å²) in [6, 6.07) is 21.6. The van der Waals surface area contributed by atoms with Crippen LogP contribution >= 0.6 is 0 Å². The van der Waals surface area contributed by atoms with Crippen molar-refractivity contribution in [3.05, 3.63) is 111 Å². The minimum absolute atomic E-state index is 0.0374. The summed E-state index contributed by atoms with van der Waals surface area (Å²) in [5, 5.41) is 25.9. The van der Waals surface area contributed by atoms with Gasteiger partial charge in [0.05, 0.1) is 16.2 Å². The Kier molecular flexibility index (Phi) is 4.62. The molecule has 0 spiro atoms. The van der Waals surface area contributed by atoms with Crippen molar-refractivity contribution in [3.63, 3.8) is 0 Å². The van der Waals surface area contributed by atoms with E-state index in [-0.39, 0.29) is 28.5 Å². The molecule has 0 heterocycles. The molecule has 3 aromatic rings. The standard InChI is InChI=1S/C22H15N3O4/c26-21-17-8-4-5-9-18(17)22(27)19(21)20(14-6-2-1-3-7-14)24-23-15-10-12-16(13-11-15)25(28)29/h1-13,23,26H/b24-20+. The molecule has 4 rings (SSSR count). The van der Waals surface area contributed by atoms with Crippen molar-refractivity contribution in [2.24, 2.45) is 5.10 Å². The monoisotopic (exact) mass is 385 g/mol. The van der Waals surface area contributed by atoms with Crippen molar-refractivity contribution in [2.45, 2.75) is 0 Å². The Balaban J connectivity index is 1.76. The summed E-state index contributed by atoms with van der Waals surface area (Å²) in [5.41, 5.74) is 5.20. The number of ketones is 1. The summed E-state index contributed by atoms with van der Waals surface area (Å²) in [7, 11) is 0. The van der Waals surface area contributed by atoms with Gasteiger partial charge in [0.25, 0.3) is 5.69 Å². The molecule has 7 nitrogen and oxygen atoms in total. The minimum atomic E-state index is -0.486. The number of hydrogen-bond acceptors (Lipinski definition) is 6. The molecule has 0 saturated heterocycles. The fourth-order valence-electron chi connectivity index (χ4n) is 3.12. The highest BCUT2D eigenvalue weighted by Gasteiger charge is 2.33. The van der Waals surface area contributed by atoms with Gasteiger partial charge in [0, 0.05) is 28.8 Å². The smallest absolute Gasteiger partial charge is 0.269 e. The molecule has 0 aliphatic heterocycles. The van der Waals surface area contributed by atoms with Gasteiger partial charge in [-0.15, -0.1) is 0 Å². The summed E-state index contributed by atoms with van der Waals surface area (Å²) in [4.78, 5) is 23.3. The van der Waals surface area contributed by atoms with E-state index < -0.39 is 4.92 Å². The van der Waals surface area contributed by atoms with Gasteiger partial charge in [-0.3, -0.25) is 20.3 Å². The number of benzene rings is 3. The average Bonchev–Trinajstić information content (AvgIpc) is 3.00. The number of hydrogen-bond donors (Lipinski definition) is 2. The number of nitrogens with one attached hydrogen (secondary N) is 1. The summed E-state index contributed by atoms with van der Waals surface area (Å²) < 4.78 is 0. The molecule has 2 N–H and O–H groups in total. The zero-order valence-electron chi connectivity index (χ0n) is 15.1. The van der Waals surface area contributed by atoms with Crippen molar-refractivity contribution in [1.82, 2.24) is 0 Å². The maximum Gasteiger partial charge on any atom is 0.269 e. The highest BCUT2D eigenvalue weighted by molar-refractivity contribution is 6.39. The second-order valence-electron chi connectivity index (χ2n) is 6.34. The summed E-state index contributed by atoms with van der Waals surface area (Å²) >= 11 is 0. The Hall–Kier alpha value is -4.26. The molecule has 0 aromatic heterocycles. The second kappa shape index (κ2) is 7.40. The van der Waals surface area contributed by atoms with Crippen LogP contribution in [0, 0.1) is 10.1 Å². The van der Waals surface area contributed by atoms with Gasteiger partial charge in [0.1, 0.15) is 11.5 Å². The number of anilines is 1. The normalized spacial score (nSPS) is 13.4. The molecule has 0 fully saturated rings. The maximum atomic E-state index is 13.0. The number of aliphatic hydroxyl groups is 1. The molecule has 142 valence electrons. The largest absolute Gasteiger partial charge is 0.506 e. The number of nitro benzene ring substituents is 1. The van der Waals surface area contributed by atoms with Crippen LogP contribution in [0.1, 0.15) is 21.5 Å². The number of carbonyl (C=O) groups excluding carboxylic acids is 1. The summed E-state index contributed by atoms with van der Waals surface area (Å²) in [6.07, 6.45) is 0. The lowest BCUT2D eigenvalue weighted by atomic mass is 9.99. The van der Waals surface area contributed by atoms with E-state index in [0.717, 1.165) is 0 Å². The highest BCUT2D eigenvalue weighted by Crippen LogP contribution is 2.33. The van der Waals surface area contributed by atoms with Crippen molar-refractivity contribution in [3.8, 4) is 0 Å². The molecule has 3 aromatic carbocycles. The van der Waals surface area contributed by atoms with E-state index in [1.807, 2.05) is 6.07 Å². The molecule has 29 heavy (non-hydrogen) atoms. The number of nitrogens with zero attached hydrogens (tertiary/aromatic N) is 2. The lowest BCUT2D eigenvalue weighted by molar-refractivity contribution is -0.384. The third-order valence-electron chi connectivity index (χ3n) is 4.55. The van der Waals surface area contributed by atoms with Crippen LogP contribution in [0.5, 0.6) is 0 Å². The molecule has 0 amide bonds. The van der Waals surface area contributed by atoms with E-state index in [0.29, 0.717) is 22.4 Å². The molecule has 1 aliphatic rings. The molecule has 7 heteroatoms. The van der Waals surface area contributed by atoms with E-state index in [1.54, 1.807) is 48.5 Å².